The molecule has 0 aliphatic carbocycles. The summed E-state index contributed by atoms with van der Waals surface area (Å²) < 4.78 is 0. The lowest BCUT2D eigenvalue weighted by Gasteiger charge is -2.17. The molecule has 1 aromatic heterocycles. The van der Waals surface area contributed by atoms with Crippen molar-refractivity contribution < 1.29 is 4.79 Å². The van der Waals surface area contributed by atoms with Crippen LogP contribution in [-0.2, 0) is 6.54 Å². The van der Waals surface area contributed by atoms with Crippen LogP contribution < -0.4 is 11.1 Å². The molecule has 0 saturated carbocycles. The predicted octanol–water partition coefficient (Wildman–Crippen LogP) is 0.887. The Morgan fingerprint density at radius 3 is 2.81 bits per heavy atom. The fraction of sp³-hybridized carbons (Fsp3) is 0.545. The maximum absolute atomic E-state index is 10.9. The van der Waals surface area contributed by atoms with Gasteiger partial charge in [0, 0.05) is 29.4 Å². The first-order chi connectivity index (χ1) is 7.49. The number of nitrogens with zero attached hydrogens (tertiary/aromatic N) is 1. The minimum absolute atomic E-state index is 0.358. The summed E-state index contributed by atoms with van der Waals surface area (Å²) in [6.45, 7) is 3.92. The molecule has 90 valence electrons. The van der Waals surface area contributed by atoms with Crippen LogP contribution in [0, 0.1) is 0 Å². The summed E-state index contributed by atoms with van der Waals surface area (Å²) in [5, 5.41) is 5.20. The Kier molecular flexibility index (Phi) is 4.92. The van der Waals surface area contributed by atoms with Crippen molar-refractivity contribution >= 4 is 17.2 Å². The van der Waals surface area contributed by atoms with E-state index in [0.717, 1.165) is 18.0 Å². The second kappa shape index (κ2) is 5.98. The van der Waals surface area contributed by atoms with E-state index in [4.69, 9.17) is 5.73 Å². The quantitative estimate of drug-likeness (QED) is 0.777. The first-order valence-corrected chi connectivity index (χ1v) is 6.12. The number of primary amides is 1. The van der Waals surface area contributed by atoms with E-state index < -0.39 is 0 Å². The second-order valence-corrected chi connectivity index (χ2v) is 5.21. The number of rotatable bonds is 6. The molecule has 0 aliphatic heterocycles. The standard InChI is InChI=1S/C11H19N3OS/c1-8(6-14(2)3)13-5-10-4-9(7-16-10)11(12)15/h4,7-8,13H,5-6H2,1-3H3,(H2,12,15). The van der Waals surface area contributed by atoms with E-state index in [2.05, 4.69) is 31.2 Å². The molecule has 0 fully saturated rings. The zero-order valence-electron chi connectivity index (χ0n) is 9.99. The molecule has 1 unspecified atom stereocenters. The van der Waals surface area contributed by atoms with E-state index in [9.17, 15) is 4.79 Å². The molecule has 1 atom stereocenters. The molecule has 1 amide bonds. The molecule has 1 aromatic rings. The molecule has 16 heavy (non-hydrogen) atoms. The van der Waals surface area contributed by atoms with Crippen molar-refractivity contribution in [2.45, 2.75) is 19.5 Å². The Hall–Kier alpha value is -0.910. The van der Waals surface area contributed by atoms with Crippen molar-refractivity contribution in [1.29, 1.82) is 0 Å². The number of likely N-dealkylation sites (N-methyl/N-ethyl adjacent to an activating group) is 1. The Bertz CT molecular complexity index is 349. The molecule has 0 aromatic carbocycles. The number of hydrogen-bond donors (Lipinski definition) is 2. The number of carbonyl (C=O) groups excluding carboxylic acids is 1. The Labute approximate surface area is 100 Å². The average molecular weight is 241 g/mol. The Morgan fingerprint density at radius 2 is 2.31 bits per heavy atom. The third-order valence-corrected chi connectivity index (χ3v) is 3.14. The van der Waals surface area contributed by atoms with E-state index in [0.29, 0.717) is 11.6 Å². The fourth-order valence-corrected chi connectivity index (χ4v) is 2.31. The van der Waals surface area contributed by atoms with Gasteiger partial charge in [0.05, 0.1) is 5.56 Å². The third-order valence-electron chi connectivity index (χ3n) is 2.20. The molecule has 0 radical (unpaired) electrons. The van der Waals surface area contributed by atoms with E-state index in [-0.39, 0.29) is 5.91 Å². The molecule has 1 heterocycles. The van der Waals surface area contributed by atoms with Crippen molar-refractivity contribution in [1.82, 2.24) is 10.2 Å². The molecule has 0 bridgehead atoms. The van der Waals surface area contributed by atoms with Crippen molar-refractivity contribution in [2.75, 3.05) is 20.6 Å². The molecule has 0 saturated heterocycles. The fourth-order valence-electron chi connectivity index (χ4n) is 1.49. The van der Waals surface area contributed by atoms with Crippen LogP contribution in [0.2, 0.25) is 0 Å². The summed E-state index contributed by atoms with van der Waals surface area (Å²) in [5.41, 5.74) is 5.79. The number of nitrogens with two attached hydrogens (primary N) is 1. The zero-order valence-corrected chi connectivity index (χ0v) is 10.8. The summed E-state index contributed by atoms with van der Waals surface area (Å²) in [5.74, 6) is -0.358. The molecule has 3 N–H and O–H groups in total. The van der Waals surface area contributed by atoms with Crippen LogP contribution in [0.1, 0.15) is 22.2 Å². The highest BCUT2D eigenvalue weighted by Gasteiger charge is 2.06. The summed E-state index contributed by atoms with van der Waals surface area (Å²) in [6.07, 6.45) is 0. The summed E-state index contributed by atoms with van der Waals surface area (Å²) in [4.78, 5) is 14.2. The van der Waals surface area contributed by atoms with Gasteiger partial charge in [-0.15, -0.1) is 11.3 Å². The third kappa shape index (κ3) is 4.30. The minimum atomic E-state index is -0.358. The highest BCUT2D eigenvalue weighted by Crippen LogP contribution is 2.14. The maximum Gasteiger partial charge on any atom is 0.249 e. The molecule has 4 nitrogen and oxygen atoms in total. The highest BCUT2D eigenvalue weighted by atomic mass is 32.1. The SMILES string of the molecule is CC(CN(C)C)NCc1cc(C(N)=O)cs1. The molecular weight excluding hydrogens is 222 g/mol. The van der Waals surface area contributed by atoms with Crippen molar-refractivity contribution in [3.8, 4) is 0 Å². The number of carbonyl (C=O) groups is 1. The van der Waals surface area contributed by atoms with Gasteiger partial charge in [0.15, 0.2) is 0 Å². The smallest absolute Gasteiger partial charge is 0.249 e. The van der Waals surface area contributed by atoms with Gasteiger partial charge in [0.25, 0.3) is 0 Å². The predicted molar refractivity (Wildman–Crippen MR) is 67.7 cm³/mol. The zero-order chi connectivity index (χ0) is 12.1. The monoisotopic (exact) mass is 241 g/mol. The number of thiophene rings is 1. The van der Waals surface area contributed by atoms with E-state index >= 15 is 0 Å². The van der Waals surface area contributed by atoms with Gasteiger partial charge in [-0.3, -0.25) is 4.79 Å². The normalized spacial score (nSPS) is 13.0. The van der Waals surface area contributed by atoms with Crippen LogP contribution in [-0.4, -0.2) is 37.5 Å². The van der Waals surface area contributed by atoms with Gasteiger partial charge in [-0.2, -0.15) is 0 Å². The molecule has 5 heteroatoms. The van der Waals surface area contributed by atoms with Crippen molar-refractivity contribution in [2.24, 2.45) is 5.73 Å². The van der Waals surface area contributed by atoms with Gasteiger partial charge in [0.1, 0.15) is 0 Å². The lowest BCUT2D eigenvalue weighted by molar-refractivity contribution is 0.100. The molecule has 0 aliphatic rings. The van der Waals surface area contributed by atoms with Crippen LogP contribution in [0.15, 0.2) is 11.4 Å². The van der Waals surface area contributed by atoms with Gasteiger partial charge in [-0.05, 0) is 27.1 Å². The number of hydrogen-bond acceptors (Lipinski definition) is 4. The summed E-state index contributed by atoms with van der Waals surface area (Å²) in [6, 6.07) is 2.27. The van der Waals surface area contributed by atoms with E-state index in [1.807, 2.05) is 6.07 Å². The topological polar surface area (TPSA) is 58.4 Å². The second-order valence-electron chi connectivity index (χ2n) is 4.21. The maximum atomic E-state index is 10.9. The summed E-state index contributed by atoms with van der Waals surface area (Å²) in [7, 11) is 4.10. The van der Waals surface area contributed by atoms with Crippen LogP contribution in [0.4, 0.5) is 0 Å². The summed E-state index contributed by atoms with van der Waals surface area (Å²) >= 11 is 1.56. The first-order valence-electron chi connectivity index (χ1n) is 5.24. The first kappa shape index (κ1) is 13.2. The van der Waals surface area contributed by atoms with Crippen molar-refractivity contribution in [3.05, 3.63) is 21.9 Å². The Morgan fingerprint density at radius 1 is 1.62 bits per heavy atom. The van der Waals surface area contributed by atoms with Crippen molar-refractivity contribution in [3.63, 3.8) is 0 Å². The molecular formula is C11H19N3OS. The molecule has 0 spiro atoms. The van der Waals surface area contributed by atoms with E-state index in [1.54, 1.807) is 16.7 Å². The van der Waals surface area contributed by atoms with Crippen LogP contribution >= 0.6 is 11.3 Å². The van der Waals surface area contributed by atoms with Crippen LogP contribution in [0.25, 0.3) is 0 Å². The number of amides is 1. The lowest BCUT2D eigenvalue weighted by atomic mass is 10.3. The van der Waals surface area contributed by atoms with Gasteiger partial charge in [-0.1, -0.05) is 0 Å². The lowest BCUT2D eigenvalue weighted by Crippen LogP contribution is -2.35. The van der Waals surface area contributed by atoms with Gasteiger partial charge in [-0.25, -0.2) is 0 Å². The minimum Gasteiger partial charge on any atom is -0.366 e. The average Bonchev–Trinajstić information content (AvgIpc) is 2.61. The molecule has 1 rings (SSSR count). The van der Waals surface area contributed by atoms with E-state index in [1.165, 1.54) is 0 Å². The largest absolute Gasteiger partial charge is 0.366 e. The van der Waals surface area contributed by atoms with Crippen LogP contribution in [0.3, 0.4) is 0 Å². The van der Waals surface area contributed by atoms with Crippen LogP contribution in [0.5, 0.6) is 0 Å². The van der Waals surface area contributed by atoms with Gasteiger partial charge >= 0.3 is 0 Å². The number of nitrogens with one attached hydrogen (secondary N) is 1. The van der Waals surface area contributed by atoms with Gasteiger partial charge < -0.3 is 16.0 Å². The highest BCUT2D eigenvalue weighted by molar-refractivity contribution is 7.10. The Balaban J connectivity index is 2.39. The van der Waals surface area contributed by atoms with Gasteiger partial charge in [0.2, 0.25) is 5.91 Å².